The largest absolute Gasteiger partial charge is 0.508 e. The van der Waals surface area contributed by atoms with Crippen molar-refractivity contribution < 1.29 is 14.3 Å². The lowest BCUT2D eigenvalue weighted by molar-refractivity contribution is 0.0718. The quantitative estimate of drug-likeness (QED) is 0.862. The summed E-state index contributed by atoms with van der Waals surface area (Å²) in [7, 11) is 3.64. The molecule has 116 valence electrons. The molecule has 0 bridgehead atoms. The number of Topliss-reactive ketones (excluding diaryl/α,β-unsaturated/α-hetero) is 1. The lowest BCUT2D eigenvalue weighted by Crippen LogP contribution is -2.50. The molecule has 0 aliphatic carbocycles. The number of phenols is 1. The minimum absolute atomic E-state index is 0.0534. The van der Waals surface area contributed by atoms with Crippen LogP contribution in [-0.2, 0) is 6.42 Å². The molecule has 0 amide bonds. The molecular formula is C18H20FNO2. The van der Waals surface area contributed by atoms with E-state index in [-0.39, 0.29) is 17.3 Å². The smallest absolute Gasteiger partial charge is 0.183 e. The number of carbonyl (C=O) groups excluding carboxylic acids is 1. The van der Waals surface area contributed by atoms with Gasteiger partial charge in [0.05, 0.1) is 5.54 Å². The highest BCUT2D eigenvalue weighted by Gasteiger charge is 2.36. The van der Waals surface area contributed by atoms with Crippen molar-refractivity contribution in [2.45, 2.75) is 18.9 Å². The summed E-state index contributed by atoms with van der Waals surface area (Å²) >= 11 is 0. The Balaban J connectivity index is 2.37. The zero-order valence-electron chi connectivity index (χ0n) is 13.0. The van der Waals surface area contributed by atoms with Crippen LogP contribution in [0.5, 0.6) is 5.75 Å². The Labute approximate surface area is 130 Å². The molecule has 0 fully saturated rings. The van der Waals surface area contributed by atoms with Gasteiger partial charge in [-0.1, -0.05) is 24.3 Å². The predicted molar refractivity (Wildman–Crippen MR) is 84.6 cm³/mol. The van der Waals surface area contributed by atoms with Gasteiger partial charge < -0.3 is 5.11 Å². The molecule has 2 rings (SSSR count). The van der Waals surface area contributed by atoms with Crippen LogP contribution in [0.2, 0.25) is 0 Å². The van der Waals surface area contributed by atoms with Gasteiger partial charge in [-0.2, -0.15) is 0 Å². The maximum Gasteiger partial charge on any atom is 0.183 e. The lowest BCUT2D eigenvalue weighted by Gasteiger charge is -2.35. The highest BCUT2D eigenvalue weighted by Crippen LogP contribution is 2.25. The fraction of sp³-hybridized carbons (Fsp3) is 0.278. The summed E-state index contributed by atoms with van der Waals surface area (Å²) in [5.74, 6) is -0.376. The number of halogens is 1. The predicted octanol–water partition coefficient (Wildman–Crippen LogP) is 3.28. The van der Waals surface area contributed by atoms with E-state index in [4.69, 9.17) is 0 Å². The van der Waals surface area contributed by atoms with Gasteiger partial charge >= 0.3 is 0 Å². The summed E-state index contributed by atoms with van der Waals surface area (Å²) in [5, 5.41) is 9.58. The molecule has 0 spiro atoms. The van der Waals surface area contributed by atoms with E-state index in [9.17, 15) is 14.3 Å². The number of ketones is 1. The van der Waals surface area contributed by atoms with Crippen molar-refractivity contribution in [3.63, 3.8) is 0 Å². The van der Waals surface area contributed by atoms with Crippen LogP contribution in [0.1, 0.15) is 22.8 Å². The molecule has 0 heterocycles. The molecule has 2 aromatic rings. The molecule has 1 unspecified atom stereocenters. The van der Waals surface area contributed by atoms with E-state index < -0.39 is 5.54 Å². The molecule has 1 N–H and O–H groups in total. The van der Waals surface area contributed by atoms with Crippen molar-refractivity contribution in [1.29, 1.82) is 0 Å². The third-order valence-electron chi connectivity index (χ3n) is 4.02. The van der Waals surface area contributed by atoms with Gasteiger partial charge in [0, 0.05) is 5.56 Å². The number of carbonyl (C=O) groups is 1. The average Bonchev–Trinajstić information content (AvgIpc) is 2.46. The second kappa shape index (κ2) is 6.28. The maximum absolute atomic E-state index is 13.4. The Morgan fingerprint density at radius 2 is 1.86 bits per heavy atom. The monoisotopic (exact) mass is 301 g/mol. The number of nitrogens with zero attached hydrogens (tertiary/aromatic N) is 1. The Bertz CT molecular complexity index is 684. The van der Waals surface area contributed by atoms with E-state index in [0.29, 0.717) is 12.0 Å². The maximum atomic E-state index is 13.4. The number of hydrogen-bond acceptors (Lipinski definition) is 3. The van der Waals surface area contributed by atoms with E-state index in [1.165, 1.54) is 24.3 Å². The van der Waals surface area contributed by atoms with Crippen molar-refractivity contribution >= 4 is 5.78 Å². The van der Waals surface area contributed by atoms with Gasteiger partial charge in [-0.15, -0.1) is 0 Å². The molecule has 22 heavy (non-hydrogen) atoms. The first-order valence-electron chi connectivity index (χ1n) is 7.08. The van der Waals surface area contributed by atoms with Gasteiger partial charge in [0.1, 0.15) is 11.6 Å². The normalized spacial score (nSPS) is 13.9. The third kappa shape index (κ3) is 3.34. The van der Waals surface area contributed by atoms with Gasteiger partial charge in [0.2, 0.25) is 0 Å². The number of likely N-dealkylation sites (N-methyl/N-ethyl adjacent to an activating group) is 1. The Hall–Kier alpha value is -2.20. The second-order valence-corrected chi connectivity index (χ2v) is 5.85. The summed E-state index contributed by atoms with van der Waals surface area (Å²) < 4.78 is 13.4. The van der Waals surface area contributed by atoms with Crippen molar-refractivity contribution in [3.05, 3.63) is 65.5 Å². The van der Waals surface area contributed by atoms with Gasteiger partial charge in [-0.05, 0) is 57.3 Å². The van der Waals surface area contributed by atoms with E-state index in [2.05, 4.69) is 0 Å². The van der Waals surface area contributed by atoms with Gasteiger partial charge in [-0.25, -0.2) is 4.39 Å². The van der Waals surface area contributed by atoms with Crippen molar-refractivity contribution in [2.75, 3.05) is 14.1 Å². The molecule has 2 aromatic carbocycles. The SMILES string of the molecule is CN(C)C(C)(Cc1cccc(F)c1)C(=O)c1cccc(O)c1. The molecule has 0 saturated heterocycles. The summed E-state index contributed by atoms with van der Waals surface area (Å²) in [6.45, 7) is 1.82. The Kier molecular flexibility index (Phi) is 4.62. The minimum atomic E-state index is -0.832. The molecular weight excluding hydrogens is 281 g/mol. The zero-order chi connectivity index (χ0) is 16.3. The average molecular weight is 301 g/mol. The van der Waals surface area contributed by atoms with Crippen LogP contribution < -0.4 is 0 Å². The summed E-state index contributed by atoms with van der Waals surface area (Å²) in [5.41, 5.74) is 0.360. The summed E-state index contributed by atoms with van der Waals surface area (Å²) in [6.07, 6.45) is 0.381. The topological polar surface area (TPSA) is 40.5 Å². The van der Waals surface area contributed by atoms with Crippen molar-refractivity contribution in [1.82, 2.24) is 4.90 Å². The first-order chi connectivity index (χ1) is 10.3. The number of rotatable bonds is 5. The first kappa shape index (κ1) is 16.2. The summed E-state index contributed by atoms with van der Waals surface area (Å²) in [4.78, 5) is 14.7. The summed E-state index contributed by atoms with van der Waals surface area (Å²) in [6, 6.07) is 12.6. The molecule has 3 nitrogen and oxygen atoms in total. The fourth-order valence-electron chi connectivity index (χ4n) is 2.44. The van der Waals surface area contributed by atoms with Crippen LogP contribution in [0.3, 0.4) is 0 Å². The Morgan fingerprint density at radius 3 is 2.45 bits per heavy atom. The zero-order valence-corrected chi connectivity index (χ0v) is 13.0. The molecule has 0 aliphatic rings. The van der Waals surface area contributed by atoms with Gasteiger partial charge in [-0.3, -0.25) is 9.69 Å². The first-order valence-corrected chi connectivity index (χ1v) is 7.08. The number of phenolic OH excluding ortho intramolecular Hbond substituents is 1. The van der Waals surface area contributed by atoms with E-state index in [1.54, 1.807) is 24.3 Å². The Morgan fingerprint density at radius 1 is 1.18 bits per heavy atom. The molecule has 0 radical (unpaired) electrons. The number of benzene rings is 2. The number of aromatic hydroxyl groups is 1. The van der Waals surface area contributed by atoms with E-state index in [1.807, 2.05) is 25.9 Å². The van der Waals surface area contributed by atoms with Gasteiger partial charge in [0.25, 0.3) is 0 Å². The van der Waals surface area contributed by atoms with Crippen LogP contribution >= 0.6 is 0 Å². The highest BCUT2D eigenvalue weighted by atomic mass is 19.1. The molecule has 0 aromatic heterocycles. The molecule has 4 heteroatoms. The molecule has 0 aliphatic heterocycles. The third-order valence-corrected chi connectivity index (χ3v) is 4.02. The van der Waals surface area contributed by atoms with E-state index in [0.717, 1.165) is 5.56 Å². The standard InChI is InChI=1S/C18H20FNO2/c1-18(20(2)3,12-13-6-4-8-15(19)10-13)17(22)14-7-5-9-16(21)11-14/h4-11,21H,12H2,1-3H3. The molecule has 1 atom stereocenters. The van der Waals surface area contributed by atoms with Crippen LogP contribution in [0.4, 0.5) is 4.39 Å². The van der Waals surface area contributed by atoms with Crippen molar-refractivity contribution in [2.24, 2.45) is 0 Å². The number of hydrogen-bond donors (Lipinski definition) is 1. The van der Waals surface area contributed by atoms with Crippen molar-refractivity contribution in [3.8, 4) is 5.75 Å². The minimum Gasteiger partial charge on any atom is -0.508 e. The second-order valence-electron chi connectivity index (χ2n) is 5.85. The van der Waals surface area contributed by atoms with Crippen LogP contribution in [0.15, 0.2) is 48.5 Å². The molecule has 0 saturated carbocycles. The highest BCUT2D eigenvalue weighted by molar-refractivity contribution is 6.03. The fourth-order valence-corrected chi connectivity index (χ4v) is 2.44. The van der Waals surface area contributed by atoms with Crippen LogP contribution in [0, 0.1) is 5.82 Å². The lowest BCUT2D eigenvalue weighted by atomic mass is 9.84. The van der Waals surface area contributed by atoms with Gasteiger partial charge in [0.15, 0.2) is 5.78 Å². The van der Waals surface area contributed by atoms with Crippen LogP contribution in [0.25, 0.3) is 0 Å². The van der Waals surface area contributed by atoms with Crippen LogP contribution in [-0.4, -0.2) is 35.4 Å². The van der Waals surface area contributed by atoms with E-state index >= 15 is 0 Å².